The van der Waals surface area contributed by atoms with E-state index in [9.17, 15) is 4.79 Å². The Morgan fingerprint density at radius 1 is 1.08 bits per heavy atom. The minimum Gasteiger partial charge on any atom is -0.497 e. The monoisotopic (exact) mass is 371 g/mol. The summed E-state index contributed by atoms with van der Waals surface area (Å²) in [5.74, 6) is 1.23. The molecule has 0 radical (unpaired) electrons. The highest BCUT2D eigenvalue weighted by Gasteiger charge is 2.33. The molecule has 0 aromatic heterocycles. The molecule has 0 unspecified atom stereocenters. The van der Waals surface area contributed by atoms with E-state index >= 15 is 0 Å². The van der Waals surface area contributed by atoms with Crippen LogP contribution in [0.25, 0.3) is 6.08 Å². The van der Waals surface area contributed by atoms with Crippen LogP contribution in [0.15, 0.2) is 47.4 Å². The van der Waals surface area contributed by atoms with Gasteiger partial charge in [0.05, 0.1) is 24.8 Å². The number of carbonyl (C=O) groups is 1. The first kappa shape index (κ1) is 17.5. The summed E-state index contributed by atoms with van der Waals surface area (Å²) in [7, 11) is 3.19. The van der Waals surface area contributed by atoms with E-state index in [0.717, 1.165) is 16.8 Å². The zero-order chi connectivity index (χ0) is 18.0. The van der Waals surface area contributed by atoms with Crippen molar-refractivity contribution in [3.05, 3.63) is 58.5 Å². The van der Waals surface area contributed by atoms with Gasteiger partial charge < -0.3 is 9.47 Å². The lowest BCUT2D eigenvalue weighted by Crippen LogP contribution is -2.27. The zero-order valence-corrected chi connectivity index (χ0v) is 15.7. The van der Waals surface area contributed by atoms with Crippen LogP contribution in [-0.4, -0.2) is 24.4 Å². The highest BCUT2D eigenvalue weighted by molar-refractivity contribution is 8.27. The number of carbonyl (C=O) groups excluding carboxylic acids is 1. The van der Waals surface area contributed by atoms with Gasteiger partial charge in [-0.3, -0.25) is 9.69 Å². The zero-order valence-electron chi connectivity index (χ0n) is 14.1. The molecular formula is C19H17NO3S2. The fourth-order valence-electron chi connectivity index (χ4n) is 2.48. The van der Waals surface area contributed by atoms with E-state index in [1.165, 1.54) is 11.8 Å². The summed E-state index contributed by atoms with van der Waals surface area (Å²) < 4.78 is 11.1. The highest BCUT2D eigenvalue weighted by atomic mass is 32.2. The first-order valence-electron chi connectivity index (χ1n) is 7.60. The third-order valence-electron chi connectivity index (χ3n) is 3.81. The molecule has 25 heavy (non-hydrogen) atoms. The van der Waals surface area contributed by atoms with Crippen LogP contribution in [-0.2, 0) is 4.79 Å². The summed E-state index contributed by atoms with van der Waals surface area (Å²) >= 11 is 6.69. The normalized spacial score (nSPS) is 15.8. The number of thiocarbonyl (C=S) groups is 1. The summed E-state index contributed by atoms with van der Waals surface area (Å²) in [4.78, 5) is 14.9. The number of benzene rings is 2. The van der Waals surface area contributed by atoms with Crippen molar-refractivity contribution in [1.29, 1.82) is 0 Å². The Morgan fingerprint density at radius 3 is 2.44 bits per heavy atom. The molecule has 2 aromatic carbocycles. The van der Waals surface area contributed by atoms with Crippen molar-refractivity contribution in [2.45, 2.75) is 6.92 Å². The lowest BCUT2D eigenvalue weighted by Gasteiger charge is -2.14. The molecule has 4 nitrogen and oxygen atoms in total. The Kier molecular flexibility index (Phi) is 5.11. The number of thioether (sulfide) groups is 1. The Balaban J connectivity index is 1.97. The van der Waals surface area contributed by atoms with Gasteiger partial charge in [-0.15, -0.1) is 0 Å². The van der Waals surface area contributed by atoms with Gasteiger partial charge in [0.15, 0.2) is 4.32 Å². The van der Waals surface area contributed by atoms with Crippen LogP contribution in [0.5, 0.6) is 11.5 Å². The molecule has 0 bridgehead atoms. The van der Waals surface area contributed by atoms with Gasteiger partial charge in [0.1, 0.15) is 11.5 Å². The van der Waals surface area contributed by atoms with Gasteiger partial charge in [-0.2, -0.15) is 0 Å². The van der Waals surface area contributed by atoms with Gasteiger partial charge in [-0.1, -0.05) is 41.7 Å². The number of amides is 1. The fraction of sp³-hybridized carbons (Fsp3) is 0.158. The molecule has 1 fully saturated rings. The minimum atomic E-state index is -0.135. The molecule has 1 heterocycles. The van der Waals surface area contributed by atoms with Gasteiger partial charge in [0, 0.05) is 5.56 Å². The van der Waals surface area contributed by atoms with E-state index in [2.05, 4.69) is 0 Å². The predicted molar refractivity (Wildman–Crippen MR) is 106 cm³/mol. The summed E-state index contributed by atoms with van der Waals surface area (Å²) in [5, 5.41) is 0. The minimum absolute atomic E-state index is 0.135. The van der Waals surface area contributed by atoms with Gasteiger partial charge in [0.25, 0.3) is 5.91 Å². The van der Waals surface area contributed by atoms with Gasteiger partial charge in [-0.05, 0) is 43.3 Å². The molecule has 3 rings (SSSR count). The molecule has 0 N–H and O–H groups in total. The van der Waals surface area contributed by atoms with Gasteiger partial charge in [0.2, 0.25) is 0 Å². The van der Waals surface area contributed by atoms with Crippen LogP contribution in [0.1, 0.15) is 11.1 Å². The highest BCUT2D eigenvalue weighted by Crippen LogP contribution is 2.37. The maximum Gasteiger partial charge on any atom is 0.270 e. The van der Waals surface area contributed by atoms with E-state index in [0.29, 0.717) is 20.7 Å². The summed E-state index contributed by atoms with van der Waals surface area (Å²) in [6.07, 6.45) is 1.79. The molecule has 0 spiro atoms. The van der Waals surface area contributed by atoms with Crippen molar-refractivity contribution in [1.82, 2.24) is 0 Å². The largest absolute Gasteiger partial charge is 0.497 e. The van der Waals surface area contributed by atoms with Crippen LogP contribution in [0.2, 0.25) is 0 Å². The maximum absolute atomic E-state index is 12.8. The number of anilines is 1. The van der Waals surface area contributed by atoms with Crippen molar-refractivity contribution in [3.8, 4) is 11.5 Å². The van der Waals surface area contributed by atoms with Crippen LogP contribution >= 0.6 is 24.0 Å². The second kappa shape index (κ2) is 7.29. The molecule has 0 aliphatic carbocycles. The number of nitrogens with zero attached hydrogens (tertiary/aromatic N) is 1. The molecule has 2 aromatic rings. The molecule has 1 amide bonds. The Hall–Kier alpha value is -2.31. The fourth-order valence-corrected chi connectivity index (χ4v) is 3.77. The van der Waals surface area contributed by atoms with Crippen molar-refractivity contribution >= 4 is 46.0 Å². The number of rotatable bonds is 4. The quantitative estimate of drug-likeness (QED) is 0.588. The number of hydrogen-bond acceptors (Lipinski definition) is 5. The third-order valence-corrected chi connectivity index (χ3v) is 5.11. The Labute approximate surface area is 156 Å². The van der Waals surface area contributed by atoms with E-state index in [4.69, 9.17) is 21.7 Å². The van der Waals surface area contributed by atoms with Crippen molar-refractivity contribution in [3.63, 3.8) is 0 Å². The predicted octanol–water partition coefficient (Wildman–Crippen LogP) is 4.42. The van der Waals surface area contributed by atoms with E-state index in [-0.39, 0.29) is 5.91 Å². The molecule has 1 aliphatic heterocycles. The Bertz CT molecular complexity index is 859. The molecule has 1 aliphatic rings. The second-order valence-corrected chi connectivity index (χ2v) is 7.14. The van der Waals surface area contributed by atoms with Crippen LogP contribution < -0.4 is 14.4 Å². The summed E-state index contributed by atoms with van der Waals surface area (Å²) in [6, 6.07) is 13.2. The molecule has 1 saturated heterocycles. The lowest BCUT2D eigenvalue weighted by atomic mass is 10.1. The van der Waals surface area contributed by atoms with Crippen LogP contribution in [0.3, 0.4) is 0 Å². The molecular weight excluding hydrogens is 354 g/mol. The first-order chi connectivity index (χ1) is 12.0. The van der Waals surface area contributed by atoms with E-state index in [1.807, 2.05) is 49.4 Å². The smallest absolute Gasteiger partial charge is 0.270 e. The van der Waals surface area contributed by atoms with Crippen molar-refractivity contribution in [2.24, 2.45) is 0 Å². The first-order valence-corrected chi connectivity index (χ1v) is 8.82. The lowest BCUT2D eigenvalue weighted by molar-refractivity contribution is -0.113. The molecule has 0 saturated carbocycles. The summed E-state index contributed by atoms with van der Waals surface area (Å²) in [5.41, 5.74) is 2.67. The number of ether oxygens (including phenoxy) is 2. The van der Waals surface area contributed by atoms with Crippen LogP contribution in [0, 0.1) is 6.92 Å². The molecule has 128 valence electrons. The SMILES string of the molecule is COc1ccc(OC)c(C=C2SC(=S)N(c3ccc(C)cc3)C2=O)c1. The number of aryl methyl sites for hydroxylation is 1. The topological polar surface area (TPSA) is 38.8 Å². The van der Waals surface area contributed by atoms with Crippen molar-refractivity contribution in [2.75, 3.05) is 19.1 Å². The van der Waals surface area contributed by atoms with Crippen molar-refractivity contribution < 1.29 is 14.3 Å². The number of methoxy groups -OCH3 is 2. The second-order valence-electron chi connectivity index (χ2n) is 5.46. The average Bonchev–Trinajstić information content (AvgIpc) is 2.89. The van der Waals surface area contributed by atoms with Crippen LogP contribution in [0.4, 0.5) is 5.69 Å². The van der Waals surface area contributed by atoms with Gasteiger partial charge in [-0.25, -0.2) is 0 Å². The van der Waals surface area contributed by atoms with E-state index < -0.39 is 0 Å². The standard InChI is InChI=1S/C19H17NO3S2/c1-12-4-6-14(7-5-12)20-18(21)17(25-19(20)24)11-13-10-15(22-2)8-9-16(13)23-3/h4-11H,1-3H3. The molecule has 6 heteroatoms. The summed E-state index contributed by atoms with van der Waals surface area (Å²) in [6.45, 7) is 2.00. The number of hydrogen-bond donors (Lipinski definition) is 0. The average molecular weight is 371 g/mol. The van der Waals surface area contributed by atoms with E-state index in [1.54, 1.807) is 25.2 Å². The van der Waals surface area contributed by atoms with Gasteiger partial charge >= 0.3 is 0 Å². The maximum atomic E-state index is 12.8. The molecule has 0 atom stereocenters. The Morgan fingerprint density at radius 2 is 1.80 bits per heavy atom. The third kappa shape index (κ3) is 3.55.